The molecule has 0 unspecified atom stereocenters. The van der Waals surface area contributed by atoms with Gasteiger partial charge in [0.15, 0.2) is 17.3 Å². The molecule has 3 rings (SSSR count). The van der Waals surface area contributed by atoms with Crippen LogP contribution in [-0.2, 0) is 14.3 Å². The number of phenols is 1. The van der Waals surface area contributed by atoms with Crippen molar-refractivity contribution in [1.29, 1.82) is 0 Å². The molecule has 0 atom stereocenters. The molecular weight excluding hydrogens is 460 g/mol. The minimum atomic E-state index is -3.62. The van der Waals surface area contributed by atoms with Gasteiger partial charge in [-0.3, -0.25) is 13.8 Å². The van der Waals surface area contributed by atoms with E-state index in [4.69, 9.17) is 10.5 Å². The first-order valence-electron chi connectivity index (χ1n) is 10.1. The van der Waals surface area contributed by atoms with Crippen molar-refractivity contribution in [2.75, 3.05) is 36.6 Å². The molecule has 10 heteroatoms. The molecule has 178 valence electrons. The van der Waals surface area contributed by atoms with Gasteiger partial charge in [-0.25, -0.2) is 0 Å². The molecule has 1 aliphatic carbocycles. The summed E-state index contributed by atoms with van der Waals surface area (Å²) in [6.07, 6.45) is 1.64. The Morgan fingerprint density at radius 3 is 2.24 bits per heavy atom. The van der Waals surface area contributed by atoms with Crippen LogP contribution >= 0.6 is 0 Å². The Balaban J connectivity index is 1.88. The van der Waals surface area contributed by atoms with Gasteiger partial charge in [-0.05, 0) is 24.3 Å². The SMILES string of the molecule is C=CCN(CCS(=O)(=O)OC)c1ccc(Oc2cc(O)c3c(c2N)C(=O)C(=C)C(=C)C3=O)cc1. The van der Waals surface area contributed by atoms with Crippen LogP contribution in [0, 0.1) is 0 Å². The fourth-order valence-electron chi connectivity index (χ4n) is 3.42. The van der Waals surface area contributed by atoms with Crippen LogP contribution in [0.3, 0.4) is 0 Å². The Labute approximate surface area is 197 Å². The van der Waals surface area contributed by atoms with Crippen LogP contribution in [0.25, 0.3) is 0 Å². The third-order valence-corrected chi connectivity index (χ3v) is 6.51. The topological polar surface area (TPSA) is 136 Å². The van der Waals surface area contributed by atoms with E-state index in [0.29, 0.717) is 18.0 Å². The number of nitrogens with zero attached hydrogens (tertiary/aromatic N) is 1. The van der Waals surface area contributed by atoms with E-state index in [1.165, 1.54) is 0 Å². The third kappa shape index (κ3) is 4.73. The van der Waals surface area contributed by atoms with Crippen molar-refractivity contribution in [3.8, 4) is 17.2 Å². The van der Waals surface area contributed by atoms with Crippen molar-refractivity contribution in [2.45, 2.75) is 0 Å². The lowest BCUT2D eigenvalue weighted by Gasteiger charge is -2.24. The molecule has 0 aliphatic heterocycles. The molecule has 0 aromatic heterocycles. The van der Waals surface area contributed by atoms with Gasteiger partial charge in [-0.1, -0.05) is 19.2 Å². The number of phenolic OH excluding ortho intramolecular Hbond substituents is 1. The minimum absolute atomic E-state index is 0.0143. The highest BCUT2D eigenvalue weighted by atomic mass is 32.2. The zero-order valence-corrected chi connectivity index (χ0v) is 19.4. The predicted octanol–water partition coefficient (Wildman–Crippen LogP) is 3.23. The number of ketones is 2. The Morgan fingerprint density at radius 2 is 1.68 bits per heavy atom. The number of carbonyl (C=O) groups is 2. The maximum absolute atomic E-state index is 12.7. The van der Waals surface area contributed by atoms with E-state index >= 15 is 0 Å². The quantitative estimate of drug-likeness (QED) is 0.181. The largest absolute Gasteiger partial charge is 0.507 e. The first kappa shape index (κ1) is 24.7. The smallest absolute Gasteiger partial charge is 0.268 e. The first-order valence-corrected chi connectivity index (χ1v) is 11.6. The van der Waals surface area contributed by atoms with Gasteiger partial charge in [0.25, 0.3) is 10.1 Å². The number of hydrogen-bond acceptors (Lipinski definition) is 9. The van der Waals surface area contributed by atoms with E-state index in [0.717, 1.165) is 13.2 Å². The van der Waals surface area contributed by atoms with Crippen LogP contribution in [-0.4, -0.2) is 51.0 Å². The molecular formula is C24H24N2O7S. The second-order valence-corrected chi connectivity index (χ2v) is 9.29. The average molecular weight is 485 g/mol. The maximum atomic E-state index is 12.7. The molecule has 9 nitrogen and oxygen atoms in total. The number of aromatic hydroxyl groups is 1. The van der Waals surface area contributed by atoms with E-state index in [-0.39, 0.29) is 46.0 Å². The summed E-state index contributed by atoms with van der Waals surface area (Å²) in [7, 11) is -2.51. The van der Waals surface area contributed by atoms with Crippen molar-refractivity contribution in [3.63, 3.8) is 0 Å². The van der Waals surface area contributed by atoms with Crippen molar-refractivity contribution >= 4 is 33.1 Å². The minimum Gasteiger partial charge on any atom is -0.507 e. The molecule has 1 aliphatic rings. The summed E-state index contributed by atoms with van der Waals surface area (Å²) < 4.78 is 33.6. The molecule has 34 heavy (non-hydrogen) atoms. The van der Waals surface area contributed by atoms with Gasteiger partial charge < -0.3 is 20.5 Å². The number of nitrogens with two attached hydrogens (primary N) is 1. The van der Waals surface area contributed by atoms with E-state index < -0.39 is 27.4 Å². The number of allylic oxidation sites excluding steroid dienone is 2. The Hall–Kier alpha value is -3.89. The molecule has 0 saturated heterocycles. The van der Waals surface area contributed by atoms with Crippen LogP contribution in [0.2, 0.25) is 0 Å². The van der Waals surface area contributed by atoms with Crippen LogP contribution in [0.5, 0.6) is 17.2 Å². The zero-order valence-electron chi connectivity index (χ0n) is 18.5. The number of benzene rings is 2. The van der Waals surface area contributed by atoms with Gasteiger partial charge in [-0.2, -0.15) is 8.42 Å². The Bertz CT molecular complexity index is 1310. The van der Waals surface area contributed by atoms with E-state index in [2.05, 4.69) is 23.9 Å². The first-order chi connectivity index (χ1) is 16.0. The van der Waals surface area contributed by atoms with E-state index in [1.54, 1.807) is 35.2 Å². The van der Waals surface area contributed by atoms with Gasteiger partial charge in [0.2, 0.25) is 0 Å². The molecule has 0 radical (unpaired) electrons. The normalized spacial score (nSPS) is 13.6. The van der Waals surface area contributed by atoms with Gasteiger partial charge in [0, 0.05) is 36.0 Å². The van der Waals surface area contributed by atoms with E-state index in [1.807, 2.05) is 0 Å². The summed E-state index contributed by atoms with van der Waals surface area (Å²) in [5.41, 5.74) is 6.12. The summed E-state index contributed by atoms with van der Waals surface area (Å²) in [5, 5.41) is 10.4. The summed E-state index contributed by atoms with van der Waals surface area (Å²) in [5.74, 6) is -1.59. The number of ether oxygens (including phenoxy) is 1. The summed E-state index contributed by atoms with van der Waals surface area (Å²) >= 11 is 0. The number of hydrogen-bond donors (Lipinski definition) is 2. The Kier molecular flexibility index (Phi) is 6.94. The van der Waals surface area contributed by atoms with Gasteiger partial charge in [0.1, 0.15) is 11.5 Å². The molecule has 0 saturated carbocycles. The number of nitrogen functional groups attached to an aromatic ring is 1. The monoisotopic (exact) mass is 484 g/mol. The number of rotatable bonds is 9. The fourth-order valence-corrected chi connectivity index (χ4v) is 4.04. The molecule has 0 fully saturated rings. The lowest BCUT2D eigenvalue weighted by molar-refractivity contribution is 0.0971. The van der Waals surface area contributed by atoms with Gasteiger partial charge in [0.05, 0.1) is 29.7 Å². The summed E-state index contributed by atoms with van der Waals surface area (Å²) in [6, 6.07) is 7.79. The van der Waals surface area contributed by atoms with Crippen molar-refractivity contribution in [1.82, 2.24) is 0 Å². The van der Waals surface area contributed by atoms with Gasteiger partial charge >= 0.3 is 0 Å². The molecule has 0 amide bonds. The molecule has 2 aromatic rings. The van der Waals surface area contributed by atoms with Crippen LogP contribution < -0.4 is 15.4 Å². The van der Waals surface area contributed by atoms with Crippen LogP contribution in [0.15, 0.2) is 67.3 Å². The second kappa shape index (κ2) is 9.54. The highest BCUT2D eigenvalue weighted by Crippen LogP contribution is 2.43. The molecule has 0 bridgehead atoms. The lowest BCUT2D eigenvalue weighted by atomic mass is 9.82. The molecule has 0 spiro atoms. The maximum Gasteiger partial charge on any atom is 0.268 e. The number of anilines is 2. The van der Waals surface area contributed by atoms with Gasteiger partial charge in [-0.15, -0.1) is 6.58 Å². The van der Waals surface area contributed by atoms with Crippen LogP contribution in [0.4, 0.5) is 11.4 Å². The standard InChI is InChI=1S/C24H24N2O7S/c1-5-10-26(11-12-34(30,31)32-4)16-6-8-17(9-7-16)33-19-13-18(27)20-21(22(19)25)24(29)15(3)14(2)23(20)28/h5-9,13,27H,1-3,10-12,25H2,4H3. The number of fused-ring (bicyclic) bond motifs is 1. The summed E-state index contributed by atoms with van der Waals surface area (Å²) in [4.78, 5) is 26.9. The third-order valence-electron chi connectivity index (χ3n) is 5.32. The van der Waals surface area contributed by atoms with Crippen molar-refractivity contribution < 1.29 is 32.0 Å². The molecule has 2 aromatic carbocycles. The van der Waals surface area contributed by atoms with E-state index in [9.17, 15) is 23.1 Å². The second-order valence-electron chi connectivity index (χ2n) is 7.43. The highest BCUT2D eigenvalue weighted by molar-refractivity contribution is 7.86. The average Bonchev–Trinajstić information content (AvgIpc) is 2.81. The molecule has 0 heterocycles. The molecule has 3 N–H and O–H groups in total. The number of Topliss-reactive ketones (excluding diaryl/α,β-unsaturated/α-hetero) is 2. The van der Waals surface area contributed by atoms with Crippen LogP contribution in [0.1, 0.15) is 20.7 Å². The van der Waals surface area contributed by atoms with Crippen molar-refractivity contribution in [3.05, 3.63) is 78.4 Å². The number of carbonyl (C=O) groups excluding carboxylic acids is 2. The van der Waals surface area contributed by atoms with Crippen molar-refractivity contribution in [2.24, 2.45) is 0 Å². The zero-order chi connectivity index (χ0) is 25.2. The fraction of sp³-hybridized carbons (Fsp3) is 0.167. The lowest BCUT2D eigenvalue weighted by Crippen LogP contribution is -2.29. The Morgan fingerprint density at radius 1 is 1.09 bits per heavy atom. The predicted molar refractivity (Wildman–Crippen MR) is 129 cm³/mol. The summed E-state index contributed by atoms with van der Waals surface area (Å²) in [6.45, 7) is 11.4. The highest BCUT2D eigenvalue weighted by Gasteiger charge is 2.35.